The molecule has 0 unspecified atom stereocenters. The fourth-order valence-corrected chi connectivity index (χ4v) is 1.83. The second-order valence-electron chi connectivity index (χ2n) is 4.69. The number of carbonyl (C=O) groups excluding carboxylic acids is 1. The van der Waals surface area contributed by atoms with Gasteiger partial charge in [-0.05, 0) is 36.8 Å². The lowest BCUT2D eigenvalue weighted by atomic mass is 10.2. The molecule has 0 aliphatic heterocycles. The number of rotatable bonds is 4. The van der Waals surface area contributed by atoms with Crippen LogP contribution in [0.3, 0.4) is 0 Å². The molecular formula is C15H14F3NO3. The van der Waals surface area contributed by atoms with E-state index in [4.69, 9.17) is 4.74 Å². The average molecular weight is 313 g/mol. The standard InChI is InChI=1S/C15H14F3NO3/c1-10-3-8-13(19(10)2)14(20)21-9-11-4-6-12(7-5-11)22-15(16,17)18/h3-8H,9H2,1-2H3. The first-order valence-electron chi connectivity index (χ1n) is 6.40. The minimum Gasteiger partial charge on any atom is -0.456 e. The van der Waals surface area contributed by atoms with Gasteiger partial charge in [0.1, 0.15) is 18.1 Å². The number of aryl methyl sites for hydroxylation is 1. The topological polar surface area (TPSA) is 40.5 Å². The molecule has 7 heteroatoms. The van der Waals surface area contributed by atoms with Crippen LogP contribution in [-0.4, -0.2) is 16.9 Å². The molecule has 2 aromatic rings. The van der Waals surface area contributed by atoms with E-state index in [1.54, 1.807) is 23.7 Å². The zero-order valence-electron chi connectivity index (χ0n) is 12.0. The Morgan fingerprint density at radius 2 is 1.77 bits per heavy atom. The van der Waals surface area contributed by atoms with Gasteiger partial charge in [-0.25, -0.2) is 4.79 Å². The number of ether oxygens (including phenoxy) is 2. The van der Waals surface area contributed by atoms with Crippen LogP contribution in [0.15, 0.2) is 36.4 Å². The fraction of sp³-hybridized carbons (Fsp3) is 0.267. The second-order valence-corrected chi connectivity index (χ2v) is 4.69. The van der Waals surface area contributed by atoms with Gasteiger partial charge in [-0.1, -0.05) is 12.1 Å². The number of esters is 1. The van der Waals surface area contributed by atoms with Crippen LogP contribution in [0.1, 0.15) is 21.7 Å². The summed E-state index contributed by atoms with van der Waals surface area (Å²) in [4.78, 5) is 11.9. The van der Waals surface area contributed by atoms with Gasteiger partial charge < -0.3 is 14.0 Å². The molecule has 0 amide bonds. The third-order valence-electron chi connectivity index (χ3n) is 3.11. The molecule has 0 saturated heterocycles. The van der Waals surface area contributed by atoms with Crippen molar-refractivity contribution in [1.29, 1.82) is 0 Å². The van der Waals surface area contributed by atoms with Crippen LogP contribution >= 0.6 is 0 Å². The Balaban J connectivity index is 1.94. The van der Waals surface area contributed by atoms with E-state index in [0.717, 1.165) is 5.69 Å². The van der Waals surface area contributed by atoms with Gasteiger partial charge in [-0.3, -0.25) is 0 Å². The van der Waals surface area contributed by atoms with Crippen LogP contribution in [0.4, 0.5) is 13.2 Å². The summed E-state index contributed by atoms with van der Waals surface area (Å²) >= 11 is 0. The Morgan fingerprint density at radius 3 is 2.27 bits per heavy atom. The maximum absolute atomic E-state index is 12.0. The maximum atomic E-state index is 12.0. The largest absolute Gasteiger partial charge is 0.573 e. The molecule has 1 aromatic heterocycles. The number of halogens is 3. The van der Waals surface area contributed by atoms with E-state index in [2.05, 4.69) is 4.74 Å². The highest BCUT2D eigenvalue weighted by Crippen LogP contribution is 2.23. The molecule has 0 aliphatic rings. The molecule has 22 heavy (non-hydrogen) atoms. The molecule has 1 aromatic carbocycles. The number of carbonyl (C=O) groups is 1. The Morgan fingerprint density at radius 1 is 1.14 bits per heavy atom. The van der Waals surface area contributed by atoms with Crippen LogP contribution in [0.2, 0.25) is 0 Å². The van der Waals surface area contributed by atoms with E-state index in [1.807, 2.05) is 6.92 Å². The van der Waals surface area contributed by atoms with Gasteiger partial charge in [0.15, 0.2) is 0 Å². The zero-order chi connectivity index (χ0) is 16.3. The van der Waals surface area contributed by atoms with E-state index in [0.29, 0.717) is 11.3 Å². The maximum Gasteiger partial charge on any atom is 0.573 e. The Hall–Kier alpha value is -2.44. The normalized spacial score (nSPS) is 11.3. The summed E-state index contributed by atoms with van der Waals surface area (Å²) in [7, 11) is 1.75. The minimum absolute atomic E-state index is 0.0324. The van der Waals surface area contributed by atoms with Gasteiger partial charge in [0, 0.05) is 12.7 Å². The SMILES string of the molecule is Cc1ccc(C(=O)OCc2ccc(OC(F)(F)F)cc2)n1C. The first-order valence-corrected chi connectivity index (χ1v) is 6.40. The molecule has 0 saturated carbocycles. The molecule has 4 nitrogen and oxygen atoms in total. The Bertz CT molecular complexity index is 660. The minimum atomic E-state index is -4.72. The molecule has 0 spiro atoms. The predicted molar refractivity (Wildman–Crippen MR) is 72.4 cm³/mol. The molecule has 0 fully saturated rings. The number of hydrogen-bond donors (Lipinski definition) is 0. The Labute approximate surface area is 125 Å². The molecule has 0 atom stereocenters. The van der Waals surface area contributed by atoms with Crippen LogP contribution < -0.4 is 4.74 Å². The summed E-state index contributed by atoms with van der Waals surface area (Å²) in [5.74, 6) is -0.813. The van der Waals surface area contributed by atoms with Crippen molar-refractivity contribution in [3.63, 3.8) is 0 Å². The van der Waals surface area contributed by atoms with Gasteiger partial charge in [-0.2, -0.15) is 0 Å². The first-order chi connectivity index (χ1) is 10.3. The summed E-state index contributed by atoms with van der Waals surface area (Å²) in [6, 6.07) is 8.60. The van der Waals surface area contributed by atoms with E-state index < -0.39 is 12.3 Å². The van der Waals surface area contributed by atoms with Gasteiger partial charge in [0.25, 0.3) is 0 Å². The summed E-state index contributed by atoms with van der Waals surface area (Å²) < 4.78 is 46.7. The van der Waals surface area contributed by atoms with Crippen molar-refractivity contribution in [2.24, 2.45) is 7.05 Å². The second kappa shape index (κ2) is 6.13. The fourth-order valence-electron chi connectivity index (χ4n) is 1.83. The molecule has 1 heterocycles. The third-order valence-corrected chi connectivity index (χ3v) is 3.11. The predicted octanol–water partition coefficient (Wildman–Crippen LogP) is 3.59. The van der Waals surface area contributed by atoms with E-state index in [1.165, 1.54) is 24.3 Å². The zero-order valence-corrected chi connectivity index (χ0v) is 12.0. The van der Waals surface area contributed by atoms with Crippen LogP contribution in [0.25, 0.3) is 0 Å². The smallest absolute Gasteiger partial charge is 0.456 e. The molecule has 118 valence electrons. The van der Waals surface area contributed by atoms with Crippen molar-refractivity contribution < 1.29 is 27.4 Å². The molecular weight excluding hydrogens is 299 g/mol. The van der Waals surface area contributed by atoms with Crippen LogP contribution in [-0.2, 0) is 18.4 Å². The monoisotopic (exact) mass is 313 g/mol. The molecule has 0 radical (unpaired) electrons. The summed E-state index contributed by atoms with van der Waals surface area (Å²) in [6.45, 7) is 1.82. The van der Waals surface area contributed by atoms with E-state index >= 15 is 0 Å². The first kappa shape index (κ1) is 15.9. The lowest BCUT2D eigenvalue weighted by Gasteiger charge is -2.10. The van der Waals surface area contributed by atoms with Crippen molar-refractivity contribution in [3.8, 4) is 5.75 Å². The van der Waals surface area contributed by atoms with Crippen LogP contribution in [0.5, 0.6) is 5.75 Å². The molecule has 0 aliphatic carbocycles. The number of hydrogen-bond acceptors (Lipinski definition) is 3. The van der Waals surface area contributed by atoms with Gasteiger partial charge in [0.2, 0.25) is 0 Å². The third kappa shape index (κ3) is 4.03. The van der Waals surface area contributed by atoms with E-state index in [9.17, 15) is 18.0 Å². The van der Waals surface area contributed by atoms with Crippen molar-refractivity contribution in [1.82, 2.24) is 4.57 Å². The molecule has 0 bridgehead atoms. The number of aromatic nitrogens is 1. The highest BCUT2D eigenvalue weighted by atomic mass is 19.4. The quantitative estimate of drug-likeness (QED) is 0.810. The van der Waals surface area contributed by atoms with Crippen molar-refractivity contribution in [2.45, 2.75) is 19.9 Å². The Kier molecular flexibility index (Phi) is 4.44. The van der Waals surface area contributed by atoms with Crippen molar-refractivity contribution >= 4 is 5.97 Å². The van der Waals surface area contributed by atoms with Crippen molar-refractivity contribution in [3.05, 3.63) is 53.3 Å². The van der Waals surface area contributed by atoms with Crippen LogP contribution in [0, 0.1) is 6.92 Å². The van der Waals surface area contributed by atoms with Crippen molar-refractivity contribution in [2.75, 3.05) is 0 Å². The average Bonchev–Trinajstić information content (AvgIpc) is 2.76. The van der Waals surface area contributed by atoms with Gasteiger partial charge >= 0.3 is 12.3 Å². The molecule has 0 N–H and O–H groups in total. The summed E-state index contributed by atoms with van der Waals surface area (Å²) in [6.07, 6.45) is -4.72. The number of alkyl halides is 3. The highest BCUT2D eigenvalue weighted by Gasteiger charge is 2.30. The van der Waals surface area contributed by atoms with Gasteiger partial charge in [-0.15, -0.1) is 13.2 Å². The summed E-state index contributed by atoms with van der Waals surface area (Å²) in [5.41, 5.74) is 1.89. The van der Waals surface area contributed by atoms with Gasteiger partial charge in [0.05, 0.1) is 0 Å². The number of nitrogens with zero attached hydrogens (tertiary/aromatic N) is 1. The highest BCUT2D eigenvalue weighted by molar-refractivity contribution is 5.87. The number of benzene rings is 1. The lowest BCUT2D eigenvalue weighted by Crippen LogP contribution is -2.17. The molecule has 2 rings (SSSR count). The summed E-state index contributed by atoms with van der Waals surface area (Å²) in [5, 5.41) is 0. The van der Waals surface area contributed by atoms with E-state index in [-0.39, 0.29) is 12.4 Å². The lowest BCUT2D eigenvalue weighted by molar-refractivity contribution is -0.274.